The minimum atomic E-state index is -0.881. The Kier molecular flexibility index (Phi) is 22.4. The van der Waals surface area contributed by atoms with E-state index in [2.05, 4.69) is 57.8 Å². The molecule has 0 saturated heterocycles. The first-order chi connectivity index (χ1) is 29.7. The van der Waals surface area contributed by atoms with E-state index >= 15 is 8.78 Å². The van der Waals surface area contributed by atoms with E-state index in [1.807, 2.05) is 0 Å². The van der Waals surface area contributed by atoms with Crippen molar-refractivity contribution in [1.29, 1.82) is 0 Å². The van der Waals surface area contributed by atoms with Gasteiger partial charge in [-0.05, 0) is 92.2 Å². The zero-order valence-corrected chi connectivity index (χ0v) is 42.1. The summed E-state index contributed by atoms with van der Waals surface area (Å²) in [6, 6.07) is 10.7. The van der Waals surface area contributed by atoms with Crippen molar-refractivity contribution in [1.82, 2.24) is 0 Å². The van der Waals surface area contributed by atoms with Crippen molar-refractivity contribution >= 4 is 54.5 Å². The van der Waals surface area contributed by atoms with Crippen LogP contribution in [0.3, 0.4) is 0 Å². The molecular formula is C53H72Br2F4S2. The first kappa shape index (κ1) is 50.5. The average molecular weight is 1010 g/mol. The van der Waals surface area contributed by atoms with Gasteiger partial charge >= 0.3 is 0 Å². The molecule has 0 fully saturated rings. The van der Waals surface area contributed by atoms with Gasteiger partial charge in [0.25, 0.3) is 0 Å². The zero-order valence-electron chi connectivity index (χ0n) is 37.3. The van der Waals surface area contributed by atoms with Crippen molar-refractivity contribution in [3.05, 3.63) is 79.7 Å². The third-order valence-corrected chi connectivity index (χ3v) is 16.9. The fourth-order valence-corrected chi connectivity index (χ4v) is 12.9. The molecule has 0 amide bonds. The summed E-state index contributed by atoms with van der Waals surface area (Å²) in [7, 11) is 0. The quantitative estimate of drug-likeness (QED) is 0.0260. The number of halogens is 6. The molecule has 0 spiro atoms. The van der Waals surface area contributed by atoms with Gasteiger partial charge in [0.2, 0.25) is 0 Å². The molecule has 2 heterocycles. The smallest absolute Gasteiger partial charge is 0.173 e. The molecule has 0 atom stereocenters. The van der Waals surface area contributed by atoms with Gasteiger partial charge in [0.1, 0.15) is 0 Å². The van der Waals surface area contributed by atoms with Gasteiger partial charge in [-0.2, -0.15) is 0 Å². The maximum atomic E-state index is 15.6. The van der Waals surface area contributed by atoms with E-state index in [0.29, 0.717) is 9.75 Å². The first-order valence-corrected chi connectivity index (χ1v) is 27.5. The van der Waals surface area contributed by atoms with Crippen LogP contribution in [0, 0.1) is 23.3 Å². The van der Waals surface area contributed by atoms with Gasteiger partial charge in [-0.1, -0.05) is 194 Å². The fourth-order valence-electron chi connectivity index (χ4n) is 9.58. The second kappa shape index (κ2) is 27.1. The van der Waals surface area contributed by atoms with Crippen LogP contribution in [0.15, 0.2) is 45.3 Å². The van der Waals surface area contributed by atoms with E-state index < -0.39 is 23.3 Å². The van der Waals surface area contributed by atoms with Crippen LogP contribution in [-0.2, 0) is 5.41 Å². The van der Waals surface area contributed by atoms with Crippen molar-refractivity contribution in [2.75, 3.05) is 0 Å². The lowest BCUT2D eigenvalue weighted by Crippen LogP contribution is -2.25. The molecule has 0 N–H and O–H groups in total. The molecule has 0 unspecified atom stereocenters. The molecule has 4 aromatic rings. The minimum absolute atomic E-state index is 0.108. The van der Waals surface area contributed by atoms with Crippen LogP contribution in [0.25, 0.3) is 30.6 Å². The number of hydrogen-bond acceptors (Lipinski definition) is 2. The molecule has 2 aromatic carbocycles. The lowest BCUT2D eigenvalue weighted by molar-refractivity contribution is 0.397. The third kappa shape index (κ3) is 14.3. The largest absolute Gasteiger partial charge is 0.203 e. The summed E-state index contributed by atoms with van der Waals surface area (Å²) in [5, 5.41) is 0. The van der Waals surface area contributed by atoms with Gasteiger partial charge in [0, 0.05) is 36.1 Å². The summed E-state index contributed by atoms with van der Waals surface area (Å²) >= 11 is 9.32. The summed E-state index contributed by atoms with van der Waals surface area (Å²) in [5.41, 5.74) is 2.62. The Hall–Kier alpha value is -1.48. The third-order valence-electron chi connectivity index (χ3n) is 13.2. The zero-order chi connectivity index (χ0) is 43.5. The van der Waals surface area contributed by atoms with Crippen LogP contribution in [0.5, 0.6) is 0 Å². The molecule has 338 valence electrons. The standard InChI is InChI=1S/C53H72Br2F4S2/c1-3-5-7-9-11-13-15-17-19-21-23-25-27-29-35-53(36-30-28-26-24-22-20-18-16-14-12-10-8-6-4-2)41-37-45(39-31-33-43(54)49(58)47(39)56)60-51(41)52-42(53)38-46(61-52)40-32-34-44(55)50(59)48(40)57/h31-34,37-38H,3-30,35-36H2,1-2H3. The van der Waals surface area contributed by atoms with Crippen LogP contribution in [0.2, 0.25) is 0 Å². The molecule has 0 bridgehead atoms. The van der Waals surface area contributed by atoms with E-state index in [9.17, 15) is 8.78 Å². The van der Waals surface area contributed by atoms with Gasteiger partial charge < -0.3 is 0 Å². The number of unbranched alkanes of at least 4 members (excludes halogenated alkanes) is 26. The van der Waals surface area contributed by atoms with Crippen molar-refractivity contribution < 1.29 is 17.6 Å². The molecule has 2 aromatic heterocycles. The van der Waals surface area contributed by atoms with Gasteiger partial charge in [0.05, 0.1) is 8.95 Å². The van der Waals surface area contributed by atoms with Crippen LogP contribution in [0.1, 0.15) is 218 Å². The summed E-state index contributed by atoms with van der Waals surface area (Å²) in [6.45, 7) is 4.55. The topological polar surface area (TPSA) is 0 Å². The Morgan fingerprint density at radius 3 is 0.967 bits per heavy atom. The molecule has 0 aliphatic heterocycles. The van der Waals surface area contributed by atoms with E-state index in [4.69, 9.17) is 0 Å². The highest BCUT2D eigenvalue weighted by molar-refractivity contribution is 9.10. The number of thiophene rings is 2. The van der Waals surface area contributed by atoms with Crippen molar-refractivity contribution in [3.63, 3.8) is 0 Å². The number of rotatable bonds is 32. The minimum Gasteiger partial charge on any atom is -0.203 e. The summed E-state index contributed by atoms with van der Waals surface area (Å²) in [5.74, 6) is -3.46. The Balaban J connectivity index is 1.29. The second-order valence-electron chi connectivity index (χ2n) is 17.9. The normalized spacial score (nSPS) is 13.0. The Morgan fingerprint density at radius 2 is 0.672 bits per heavy atom. The monoisotopic (exact) mass is 1010 g/mol. The summed E-state index contributed by atoms with van der Waals surface area (Å²) in [4.78, 5) is 3.55. The van der Waals surface area contributed by atoms with Gasteiger partial charge in [-0.3, -0.25) is 0 Å². The lowest BCUT2D eigenvalue weighted by Gasteiger charge is -2.31. The maximum Gasteiger partial charge on any atom is 0.173 e. The molecular weight excluding hydrogens is 937 g/mol. The molecule has 8 heteroatoms. The molecule has 0 saturated carbocycles. The highest BCUT2D eigenvalue weighted by Crippen LogP contribution is 2.62. The highest BCUT2D eigenvalue weighted by Gasteiger charge is 2.46. The van der Waals surface area contributed by atoms with Crippen molar-refractivity contribution in [2.24, 2.45) is 0 Å². The summed E-state index contributed by atoms with van der Waals surface area (Å²) in [6.07, 6.45) is 38.3. The highest BCUT2D eigenvalue weighted by atomic mass is 79.9. The fraction of sp³-hybridized carbons (Fsp3) is 0.623. The summed E-state index contributed by atoms with van der Waals surface area (Å²) < 4.78 is 61.2. The van der Waals surface area contributed by atoms with Gasteiger partial charge in [-0.15, -0.1) is 22.7 Å². The molecule has 5 rings (SSSR count). The maximum absolute atomic E-state index is 15.6. The molecule has 1 aliphatic rings. The average Bonchev–Trinajstić information content (AvgIpc) is 3.95. The predicted octanol–water partition coefficient (Wildman–Crippen LogP) is 21.2. The molecule has 1 aliphatic carbocycles. The molecule has 0 nitrogen and oxygen atoms in total. The van der Waals surface area contributed by atoms with Gasteiger partial charge in [-0.25, -0.2) is 17.6 Å². The first-order valence-electron chi connectivity index (χ1n) is 24.3. The van der Waals surface area contributed by atoms with E-state index in [0.717, 1.165) is 48.3 Å². The van der Waals surface area contributed by atoms with Crippen molar-refractivity contribution in [3.8, 4) is 30.6 Å². The van der Waals surface area contributed by atoms with Crippen LogP contribution in [-0.4, -0.2) is 0 Å². The van der Waals surface area contributed by atoms with E-state index in [1.54, 1.807) is 24.3 Å². The van der Waals surface area contributed by atoms with Crippen LogP contribution in [0.4, 0.5) is 17.6 Å². The SMILES string of the molecule is CCCCCCCCCCCCCCCCC1(CCCCCCCCCCCCCCCC)c2cc(-c3ccc(Br)c(F)c3F)sc2-c2sc(-c3ccc(Br)c(F)c3F)cc21. The Bertz CT molecular complexity index is 1760. The number of hydrogen-bond donors (Lipinski definition) is 0. The molecule has 0 radical (unpaired) electrons. The van der Waals surface area contributed by atoms with E-state index in [-0.39, 0.29) is 25.5 Å². The van der Waals surface area contributed by atoms with Crippen LogP contribution < -0.4 is 0 Å². The second-order valence-corrected chi connectivity index (χ2v) is 21.7. The van der Waals surface area contributed by atoms with E-state index in [1.165, 1.54) is 188 Å². The Labute approximate surface area is 391 Å². The van der Waals surface area contributed by atoms with Crippen molar-refractivity contribution in [2.45, 2.75) is 212 Å². The van der Waals surface area contributed by atoms with Gasteiger partial charge in [0.15, 0.2) is 23.3 Å². The lowest BCUT2D eigenvalue weighted by atomic mass is 9.71. The number of fused-ring (bicyclic) bond motifs is 3. The number of benzene rings is 2. The molecule has 61 heavy (non-hydrogen) atoms. The Morgan fingerprint density at radius 1 is 0.393 bits per heavy atom. The van der Waals surface area contributed by atoms with Crippen LogP contribution >= 0.6 is 54.5 Å². The predicted molar refractivity (Wildman–Crippen MR) is 264 cm³/mol.